The van der Waals surface area contributed by atoms with Gasteiger partial charge in [-0.15, -0.1) is 0 Å². The Morgan fingerprint density at radius 2 is 1.83 bits per heavy atom. The third-order valence-electron chi connectivity index (χ3n) is 2.74. The van der Waals surface area contributed by atoms with E-state index in [4.69, 9.17) is 5.11 Å². The average molecular weight is 250 g/mol. The first-order valence-electron chi connectivity index (χ1n) is 6.02. The quantitative estimate of drug-likeness (QED) is 0.838. The fraction of sp³-hybridized carbons (Fsp3) is 0.500. The van der Waals surface area contributed by atoms with E-state index < -0.39 is 0 Å². The Morgan fingerprint density at radius 3 is 2.28 bits per heavy atom. The molecule has 0 aliphatic rings. The highest BCUT2D eigenvalue weighted by Crippen LogP contribution is 2.16. The molecular formula is C14H22N2O2. The Balaban J connectivity index is 2.64. The van der Waals surface area contributed by atoms with Crippen molar-refractivity contribution >= 4 is 11.6 Å². The van der Waals surface area contributed by atoms with Crippen LogP contribution in [0.1, 0.15) is 24.2 Å². The number of aliphatic hydroxyl groups is 1. The van der Waals surface area contributed by atoms with Crippen LogP contribution in [0, 0.1) is 5.41 Å². The molecule has 1 amide bonds. The second-order valence-electron chi connectivity index (χ2n) is 5.45. The number of rotatable bonds is 5. The minimum Gasteiger partial charge on any atom is -0.396 e. The van der Waals surface area contributed by atoms with E-state index in [1.807, 2.05) is 26.0 Å². The molecule has 4 heteroatoms. The number of amides is 1. The second-order valence-corrected chi connectivity index (χ2v) is 5.45. The van der Waals surface area contributed by atoms with Gasteiger partial charge in [-0.3, -0.25) is 4.79 Å². The monoisotopic (exact) mass is 250 g/mol. The van der Waals surface area contributed by atoms with E-state index in [-0.39, 0.29) is 17.9 Å². The van der Waals surface area contributed by atoms with E-state index in [1.165, 1.54) is 0 Å². The van der Waals surface area contributed by atoms with Gasteiger partial charge in [0.2, 0.25) is 0 Å². The molecule has 4 nitrogen and oxygen atoms in total. The lowest BCUT2D eigenvalue weighted by Gasteiger charge is -2.22. The molecule has 18 heavy (non-hydrogen) atoms. The van der Waals surface area contributed by atoms with Gasteiger partial charge in [-0.2, -0.15) is 0 Å². The number of nitrogens with zero attached hydrogens (tertiary/aromatic N) is 1. The van der Waals surface area contributed by atoms with Crippen LogP contribution in [-0.2, 0) is 0 Å². The Morgan fingerprint density at radius 1 is 1.28 bits per heavy atom. The molecule has 0 bridgehead atoms. The molecule has 0 aliphatic heterocycles. The summed E-state index contributed by atoms with van der Waals surface area (Å²) >= 11 is 0. The topological polar surface area (TPSA) is 52.6 Å². The molecule has 1 aromatic rings. The molecule has 0 spiro atoms. The first-order valence-corrected chi connectivity index (χ1v) is 6.02. The van der Waals surface area contributed by atoms with Crippen molar-refractivity contribution in [1.29, 1.82) is 0 Å². The summed E-state index contributed by atoms with van der Waals surface area (Å²) < 4.78 is 0. The molecule has 0 aromatic heterocycles. The van der Waals surface area contributed by atoms with E-state index in [0.717, 1.165) is 5.69 Å². The van der Waals surface area contributed by atoms with Gasteiger partial charge in [-0.05, 0) is 24.3 Å². The van der Waals surface area contributed by atoms with E-state index in [1.54, 1.807) is 31.1 Å². The minimum absolute atomic E-state index is 0.00256. The van der Waals surface area contributed by atoms with Crippen LogP contribution in [0.15, 0.2) is 24.3 Å². The van der Waals surface area contributed by atoms with Crippen LogP contribution < -0.4 is 5.32 Å². The van der Waals surface area contributed by atoms with Gasteiger partial charge in [0.15, 0.2) is 0 Å². The van der Waals surface area contributed by atoms with Crippen LogP contribution in [0.3, 0.4) is 0 Å². The lowest BCUT2D eigenvalue weighted by Crippen LogP contribution is -2.26. The predicted molar refractivity (Wildman–Crippen MR) is 73.8 cm³/mol. The number of aliphatic hydroxyl groups excluding tert-OH is 1. The molecule has 0 radical (unpaired) electrons. The summed E-state index contributed by atoms with van der Waals surface area (Å²) in [5, 5.41) is 12.4. The molecule has 0 aliphatic carbocycles. The summed E-state index contributed by atoms with van der Waals surface area (Å²) in [7, 11) is 3.47. The summed E-state index contributed by atoms with van der Waals surface area (Å²) in [6.45, 7) is 4.80. The largest absolute Gasteiger partial charge is 0.396 e. The lowest BCUT2D eigenvalue weighted by atomic mass is 9.95. The summed E-state index contributed by atoms with van der Waals surface area (Å²) in [6, 6.07) is 7.36. The van der Waals surface area contributed by atoms with Crippen molar-refractivity contribution in [2.45, 2.75) is 13.8 Å². The van der Waals surface area contributed by atoms with Gasteiger partial charge in [-0.1, -0.05) is 13.8 Å². The van der Waals surface area contributed by atoms with Crippen LogP contribution in [0.2, 0.25) is 0 Å². The molecule has 2 N–H and O–H groups in total. The smallest absolute Gasteiger partial charge is 0.253 e. The van der Waals surface area contributed by atoms with Crippen LogP contribution >= 0.6 is 0 Å². The summed E-state index contributed by atoms with van der Waals surface area (Å²) in [4.78, 5) is 13.2. The number of hydrogen-bond acceptors (Lipinski definition) is 3. The standard InChI is InChI=1S/C14H22N2O2/c1-14(2,10-17)9-15-12-7-5-11(6-8-12)13(18)16(3)4/h5-8,15,17H,9-10H2,1-4H3. The SMILES string of the molecule is CN(C)C(=O)c1ccc(NCC(C)(C)CO)cc1. The van der Waals surface area contributed by atoms with Gasteiger partial charge in [0.25, 0.3) is 5.91 Å². The van der Waals surface area contributed by atoms with Gasteiger partial charge < -0.3 is 15.3 Å². The van der Waals surface area contributed by atoms with Crippen molar-refractivity contribution < 1.29 is 9.90 Å². The Kier molecular flexibility index (Phi) is 4.73. The number of anilines is 1. The summed E-state index contributed by atoms with van der Waals surface area (Å²) in [5.41, 5.74) is 1.47. The van der Waals surface area contributed by atoms with Gasteiger partial charge >= 0.3 is 0 Å². The lowest BCUT2D eigenvalue weighted by molar-refractivity contribution is 0.0827. The molecule has 0 fully saturated rings. The highest BCUT2D eigenvalue weighted by atomic mass is 16.3. The fourth-order valence-corrected chi connectivity index (χ4v) is 1.39. The van der Waals surface area contributed by atoms with E-state index in [2.05, 4.69) is 5.32 Å². The van der Waals surface area contributed by atoms with Crippen LogP contribution in [0.5, 0.6) is 0 Å². The zero-order chi connectivity index (χ0) is 13.8. The van der Waals surface area contributed by atoms with E-state index in [0.29, 0.717) is 12.1 Å². The second kappa shape index (κ2) is 5.87. The zero-order valence-electron chi connectivity index (χ0n) is 11.5. The van der Waals surface area contributed by atoms with Crippen LogP contribution in [-0.4, -0.2) is 43.2 Å². The number of hydrogen-bond donors (Lipinski definition) is 2. The molecule has 0 atom stereocenters. The normalized spacial score (nSPS) is 11.2. The minimum atomic E-state index is -0.155. The molecule has 0 unspecified atom stereocenters. The highest BCUT2D eigenvalue weighted by molar-refractivity contribution is 5.94. The maximum absolute atomic E-state index is 11.7. The van der Waals surface area contributed by atoms with Crippen molar-refractivity contribution in [3.05, 3.63) is 29.8 Å². The Labute approximate surface area is 109 Å². The van der Waals surface area contributed by atoms with E-state index >= 15 is 0 Å². The third kappa shape index (κ3) is 4.04. The van der Waals surface area contributed by atoms with Crippen LogP contribution in [0.25, 0.3) is 0 Å². The fourth-order valence-electron chi connectivity index (χ4n) is 1.39. The van der Waals surface area contributed by atoms with Crippen molar-refractivity contribution in [3.8, 4) is 0 Å². The first kappa shape index (κ1) is 14.5. The molecule has 0 saturated heterocycles. The van der Waals surface area contributed by atoms with Crippen molar-refractivity contribution in [2.75, 3.05) is 32.6 Å². The predicted octanol–water partition coefficient (Wildman–Crippen LogP) is 1.82. The Hall–Kier alpha value is -1.55. The Bertz CT molecular complexity index is 397. The van der Waals surface area contributed by atoms with Gasteiger partial charge in [-0.25, -0.2) is 0 Å². The number of carbonyl (C=O) groups excluding carboxylic acids is 1. The third-order valence-corrected chi connectivity index (χ3v) is 2.74. The number of carbonyl (C=O) groups is 1. The first-order chi connectivity index (χ1) is 8.35. The number of nitrogens with one attached hydrogen (secondary N) is 1. The molecular weight excluding hydrogens is 228 g/mol. The molecule has 0 heterocycles. The van der Waals surface area contributed by atoms with Gasteiger partial charge in [0, 0.05) is 43.9 Å². The number of benzene rings is 1. The van der Waals surface area contributed by atoms with E-state index in [9.17, 15) is 4.79 Å². The molecule has 0 saturated carbocycles. The maximum Gasteiger partial charge on any atom is 0.253 e. The van der Waals surface area contributed by atoms with Crippen molar-refractivity contribution in [1.82, 2.24) is 4.90 Å². The van der Waals surface area contributed by atoms with Crippen LogP contribution in [0.4, 0.5) is 5.69 Å². The maximum atomic E-state index is 11.7. The summed E-state index contributed by atoms with van der Waals surface area (Å²) in [5.74, 6) is -0.00256. The highest BCUT2D eigenvalue weighted by Gasteiger charge is 2.15. The summed E-state index contributed by atoms with van der Waals surface area (Å²) in [6.07, 6.45) is 0. The molecule has 100 valence electrons. The molecule has 1 rings (SSSR count). The van der Waals surface area contributed by atoms with Crippen molar-refractivity contribution in [3.63, 3.8) is 0 Å². The molecule has 1 aromatic carbocycles. The van der Waals surface area contributed by atoms with Gasteiger partial charge in [0.1, 0.15) is 0 Å². The average Bonchev–Trinajstić information content (AvgIpc) is 2.36. The van der Waals surface area contributed by atoms with Gasteiger partial charge in [0.05, 0.1) is 0 Å². The van der Waals surface area contributed by atoms with Crippen molar-refractivity contribution in [2.24, 2.45) is 5.41 Å². The zero-order valence-corrected chi connectivity index (χ0v) is 11.5.